The second kappa shape index (κ2) is 7.44. The monoisotopic (exact) mass is 385 g/mol. The smallest absolute Gasteiger partial charge is 0.207 e. The molecule has 1 fully saturated rings. The summed E-state index contributed by atoms with van der Waals surface area (Å²) < 4.78 is 41.4. The third-order valence-corrected chi connectivity index (χ3v) is 7.31. The van der Waals surface area contributed by atoms with Crippen molar-refractivity contribution in [1.29, 1.82) is 0 Å². The van der Waals surface area contributed by atoms with E-state index in [1.54, 1.807) is 11.8 Å². The van der Waals surface area contributed by atoms with Gasteiger partial charge in [-0.2, -0.15) is 16.1 Å². The molecule has 1 atom stereocenters. The van der Waals surface area contributed by atoms with Crippen molar-refractivity contribution >= 4 is 33.4 Å². The molecule has 2 aromatic rings. The van der Waals surface area contributed by atoms with Gasteiger partial charge in [0.15, 0.2) is 0 Å². The molecule has 0 aromatic heterocycles. The van der Waals surface area contributed by atoms with Crippen LogP contribution in [0.3, 0.4) is 0 Å². The summed E-state index contributed by atoms with van der Waals surface area (Å²) in [4.78, 5) is -0.0581. The first kappa shape index (κ1) is 17.7. The maximum Gasteiger partial charge on any atom is 0.243 e. The minimum Gasteiger partial charge on any atom is -0.207 e. The van der Waals surface area contributed by atoms with Gasteiger partial charge in [0.2, 0.25) is 10.0 Å². The van der Waals surface area contributed by atoms with Gasteiger partial charge >= 0.3 is 0 Å². The number of thioether (sulfide) groups is 1. The standard InChI is InChI=1S/C17H17ClFNO2S2/c18-15-8-7-14(11-16(15)19)24(21,22)20-9-4-10-23-12-17(20)13-5-2-1-3-6-13/h1-3,5-8,11,17H,4,9-10,12H2. The predicted octanol–water partition coefficient (Wildman–Crippen LogP) is 4.35. The Labute approximate surface area is 150 Å². The Hall–Kier alpha value is -1.08. The van der Waals surface area contributed by atoms with Crippen molar-refractivity contribution in [1.82, 2.24) is 4.31 Å². The van der Waals surface area contributed by atoms with Crippen molar-refractivity contribution in [2.45, 2.75) is 17.4 Å². The summed E-state index contributed by atoms with van der Waals surface area (Å²) in [7, 11) is -3.80. The SMILES string of the molecule is O=S(=O)(c1ccc(Cl)c(F)c1)N1CCCSCC1c1ccccc1. The van der Waals surface area contributed by atoms with Crippen LogP contribution in [0, 0.1) is 5.82 Å². The molecule has 7 heteroatoms. The van der Waals surface area contributed by atoms with Gasteiger partial charge in [0.1, 0.15) is 5.82 Å². The van der Waals surface area contributed by atoms with Gasteiger partial charge in [-0.25, -0.2) is 12.8 Å². The molecule has 1 aliphatic rings. The number of nitrogens with zero attached hydrogens (tertiary/aromatic N) is 1. The fraction of sp³-hybridized carbons (Fsp3) is 0.294. The lowest BCUT2D eigenvalue weighted by Gasteiger charge is -2.29. The molecule has 1 aliphatic heterocycles. The minimum absolute atomic E-state index is 0.0581. The quantitative estimate of drug-likeness (QED) is 0.788. The zero-order valence-electron chi connectivity index (χ0n) is 12.9. The van der Waals surface area contributed by atoms with E-state index in [2.05, 4.69) is 0 Å². The van der Waals surface area contributed by atoms with E-state index in [1.807, 2.05) is 30.3 Å². The van der Waals surface area contributed by atoms with Crippen LogP contribution in [0.4, 0.5) is 4.39 Å². The molecule has 3 nitrogen and oxygen atoms in total. The van der Waals surface area contributed by atoms with Crippen LogP contribution in [0.1, 0.15) is 18.0 Å². The van der Waals surface area contributed by atoms with Crippen molar-refractivity contribution in [2.24, 2.45) is 0 Å². The molecule has 0 spiro atoms. The van der Waals surface area contributed by atoms with E-state index in [1.165, 1.54) is 16.4 Å². The molecule has 1 heterocycles. The molecule has 0 radical (unpaired) electrons. The Kier molecular flexibility index (Phi) is 5.49. The summed E-state index contributed by atoms with van der Waals surface area (Å²) in [5, 5.41) is -0.0834. The number of halogens is 2. The predicted molar refractivity (Wildman–Crippen MR) is 96.4 cm³/mol. The van der Waals surface area contributed by atoms with Crippen LogP contribution in [0.15, 0.2) is 53.4 Å². The molecular weight excluding hydrogens is 369 g/mol. The lowest BCUT2D eigenvalue weighted by Crippen LogP contribution is -2.36. The lowest BCUT2D eigenvalue weighted by atomic mass is 10.1. The van der Waals surface area contributed by atoms with Gasteiger partial charge in [-0.05, 0) is 35.9 Å². The number of rotatable bonds is 3. The summed E-state index contributed by atoms with van der Waals surface area (Å²) in [6.07, 6.45) is 0.767. The molecule has 0 bridgehead atoms. The van der Waals surface area contributed by atoms with Crippen LogP contribution < -0.4 is 0 Å². The molecule has 0 N–H and O–H groups in total. The Morgan fingerprint density at radius 3 is 2.62 bits per heavy atom. The molecular formula is C17H17ClFNO2S2. The maximum atomic E-state index is 13.8. The highest BCUT2D eigenvalue weighted by atomic mass is 35.5. The Balaban J connectivity index is 2.03. The van der Waals surface area contributed by atoms with Crippen molar-refractivity contribution in [2.75, 3.05) is 18.1 Å². The van der Waals surface area contributed by atoms with Crippen LogP contribution >= 0.6 is 23.4 Å². The summed E-state index contributed by atoms with van der Waals surface area (Å²) in [6.45, 7) is 0.416. The number of benzene rings is 2. The lowest BCUT2D eigenvalue weighted by molar-refractivity contribution is 0.352. The van der Waals surface area contributed by atoms with Crippen molar-refractivity contribution < 1.29 is 12.8 Å². The third kappa shape index (κ3) is 3.61. The van der Waals surface area contributed by atoms with E-state index >= 15 is 0 Å². The minimum atomic E-state index is -3.80. The highest BCUT2D eigenvalue weighted by Gasteiger charge is 2.33. The first-order valence-electron chi connectivity index (χ1n) is 7.60. The van der Waals surface area contributed by atoms with Gasteiger partial charge < -0.3 is 0 Å². The Morgan fingerprint density at radius 2 is 1.92 bits per heavy atom. The molecule has 1 unspecified atom stereocenters. The molecule has 0 amide bonds. The zero-order valence-corrected chi connectivity index (χ0v) is 15.2. The number of hydrogen-bond acceptors (Lipinski definition) is 3. The Bertz CT molecular complexity index is 815. The summed E-state index contributed by atoms with van der Waals surface area (Å²) >= 11 is 7.42. The van der Waals surface area contributed by atoms with Gasteiger partial charge in [-0.3, -0.25) is 0 Å². The van der Waals surface area contributed by atoms with Crippen LogP contribution in [0.5, 0.6) is 0 Å². The molecule has 1 saturated heterocycles. The zero-order chi connectivity index (χ0) is 17.2. The van der Waals surface area contributed by atoms with Gasteiger partial charge in [0.25, 0.3) is 0 Å². The second-order valence-electron chi connectivity index (χ2n) is 5.55. The largest absolute Gasteiger partial charge is 0.243 e. The first-order valence-corrected chi connectivity index (χ1v) is 10.6. The summed E-state index contributed by atoms with van der Waals surface area (Å²) in [5.74, 6) is 0.863. The fourth-order valence-corrected chi connectivity index (χ4v) is 5.73. The van der Waals surface area contributed by atoms with Crippen molar-refractivity contribution in [3.05, 3.63) is 64.9 Å². The van der Waals surface area contributed by atoms with Crippen LogP contribution in [-0.2, 0) is 10.0 Å². The van der Waals surface area contributed by atoms with Gasteiger partial charge in [0, 0.05) is 12.3 Å². The van der Waals surface area contributed by atoms with E-state index in [0.29, 0.717) is 12.3 Å². The van der Waals surface area contributed by atoms with Crippen LogP contribution in [0.25, 0.3) is 0 Å². The molecule has 3 rings (SSSR count). The Morgan fingerprint density at radius 1 is 1.17 bits per heavy atom. The molecule has 2 aromatic carbocycles. The van der Waals surface area contributed by atoms with E-state index in [9.17, 15) is 12.8 Å². The number of sulfonamides is 1. The molecule has 24 heavy (non-hydrogen) atoms. The van der Waals surface area contributed by atoms with Gasteiger partial charge in [-0.1, -0.05) is 41.9 Å². The van der Waals surface area contributed by atoms with E-state index < -0.39 is 15.8 Å². The third-order valence-electron chi connectivity index (χ3n) is 3.97. The summed E-state index contributed by atoms with van der Waals surface area (Å²) in [5.41, 5.74) is 0.949. The summed E-state index contributed by atoms with van der Waals surface area (Å²) in [6, 6.07) is 13.0. The maximum absolute atomic E-state index is 13.8. The van der Waals surface area contributed by atoms with Gasteiger partial charge in [-0.15, -0.1) is 0 Å². The normalized spacial score (nSPS) is 19.8. The van der Waals surface area contributed by atoms with Crippen molar-refractivity contribution in [3.63, 3.8) is 0 Å². The highest BCUT2D eigenvalue weighted by molar-refractivity contribution is 7.99. The number of hydrogen-bond donors (Lipinski definition) is 0. The molecule has 0 aliphatic carbocycles. The van der Waals surface area contributed by atoms with Crippen LogP contribution in [0.2, 0.25) is 5.02 Å². The fourth-order valence-electron chi connectivity index (χ4n) is 2.75. The van der Waals surface area contributed by atoms with Crippen molar-refractivity contribution in [3.8, 4) is 0 Å². The highest BCUT2D eigenvalue weighted by Crippen LogP contribution is 2.34. The van der Waals surface area contributed by atoms with Gasteiger partial charge in [0.05, 0.1) is 16.0 Å². The molecule has 0 saturated carbocycles. The topological polar surface area (TPSA) is 37.4 Å². The van der Waals surface area contributed by atoms with E-state index in [0.717, 1.165) is 23.8 Å². The van der Waals surface area contributed by atoms with E-state index in [4.69, 9.17) is 11.6 Å². The average Bonchev–Trinajstić information content (AvgIpc) is 2.84. The van der Waals surface area contributed by atoms with E-state index in [-0.39, 0.29) is 16.0 Å². The molecule has 128 valence electrons. The second-order valence-corrected chi connectivity index (χ2v) is 8.99. The average molecular weight is 386 g/mol. The first-order chi connectivity index (χ1) is 11.5. The van der Waals surface area contributed by atoms with Crippen LogP contribution in [-0.4, -0.2) is 30.8 Å².